The Morgan fingerprint density at radius 2 is 2.29 bits per heavy atom. The van der Waals surface area contributed by atoms with Gasteiger partial charge in [0.25, 0.3) is 0 Å². The molecule has 2 rings (SSSR count). The first-order chi connectivity index (χ1) is 8.26. The molecule has 1 atom stereocenters. The third-order valence-electron chi connectivity index (χ3n) is 2.93. The SMILES string of the molecule is CNc1nc(C(C)COC)nc2c1COCC2. The van der Waals surface area contributed by atoms with Crippen LogP contribution in [0.5, 0.6) is 0 Å². The normalized spacial score (nSPS) is 16.4. The van der Waals surface area contributed by atoms with Crippen LogP contribution in [-0.2, 0) is 22.5 Å². The number of hydrogen-bond acceptors (Lipinski definition) is 5. The minimum absolute atomic E-state index is 0.209. The number of hydrogen-bond donors (Lipinski definition) is 1. The van der Waals surface area contributed by atoms with E-state index in [-0.39, 0.29) is 5.92 Å². The van der Waals surface area contributed by atoms with Crippen LogP contribution in [0.3, 0.4) is 0 Å². The zero-order chi connectivity index (χ0) is 12.3. The Labute approximate surface area is 102 Å². The van der Waals surface area contributed by atoms with Gasteiger partial charge in [0.15, 0.2) is 0 Å². The van der Waals surface area contributed by atoms with Crippen molar-refractivity contribution in [1.82, 2.24) is 9.97 Å². The van der Waals surface area contributed by atoms with Crippen LogP contribution < -0.4 is 5.32 Å². The molecule has 0 radical (unpaired) electrons. The molecule has 1 unspecified atom stereocenters. The van der Waals surface area contributed by atoms with Crippen LogP contribution >= 0.6 is 0 Å². The van der Waals surface area contributed by atoms with Gasteiger partial charge in [-0.3, -0.25) is 0 Å². The summed E-state index contributed by atoms with van der Waals surface area (Å²) in [5.41, 5.74) is 2.20. The van der Waals surface area contributed by atoms with Crippen molar-refractivity contribution in [2.45, 2.75) is 25.9 Å². The highest BCUT2D eigenvalue weighted by atomic mass is 16.5. The summed E-state index contributed by atoms with van der Waals surface area (Å²) in [6.07, 6.45) is 0.860. The lowest BCUT2D eigenvalue weighted by atomic mass is 10.1. The molecule has 1 aromatic heterocycles. The van der Waals surface area contributed by atoms with E-state index in [1.54, 1.807) is 7.11 Å². The predicted molar refractivity (Wildman–Crippen MR) is 65.2 cm³/mol. The zero-order valence-electron chi connectivity index (χ0n) is 10.6. The van der Waals surface area contributed by atoms with Crippen LogP contribution in [0, 0.1) is 0 Å². The molecule has 0 aliphatic carbocycles. The van der Waals surface area contributed by atoms with E-state index in [9.17, 15) is 0 Å². The van der Waals surface area contributed by atoms with Gasteiger partial charge in [-0.15, -0.1) is 0 Å². The second kappa shape index (κ2) is 5.42. The fourth-order valence-electron chi connectivity index (χ4n) is 2.00. The summed E-state index contributed by atoms with van der Waals surface area (Å²) in [5, 5.41) is 3.12. The van der Waals surface area contributed by atoms with E-state index < -0.39 is 0 Å². The highest BCUT2D eigenvalue weighted by Gasteiger charge is 2.19. The van der Waals surface area contributed by atoms with Gasteiger partial charge in [-0.25, -0.2) is 9.97 Å². The Bertz CT molecular complexity index is 378. The van der Waals surface area contributed by atoms with Crippen molar-refractivity contribution in [2.75, 3.05) is 32.7 Å². The maximum atomic E-state index is 5.44. The lowest BCUT2D eigenvalue weighted by Gasteiger charge is -2.20. The van der Waals surface area contributed by atoms with Crippen molar-refractivity contribution >= 4 is 5.82 Å². The van der Waals surface area contributed by atoms with E-state index in [1.165, 1.54) is 0 Å². The molecule has 0 saturated carbocycles. The van der Waals surface area contributed by atoms with E-state index in [2.05, 4.69) is 22.2 Å². The van der Waals surface area contributed by atoms with Gasteiger partial charge in [0.05, 0.1) is 25.5 Å². The van der Waals surface area contributed by atoms with Crippen LogP contribution in [0.1, 0.15) is 29.9 Å². The van der Waals surface area contributed by atoms with E-state index >= 15 is 0 Å². The van der Waals surface area contributed by atoms with E-state index in [1.807, 2.05) is 7.05 Å². The number of rotatable bonds is 4. The Morgan fingerprint density at radius 3 is 3.00 bits per heavy atom. The van der Waals surface area contributed by atoms with Crippen LogP contribution in [0.15, 0.2) is 0 Å². The van der Waals surface area contributed by atoms with Gasteiger partial charge in [-0.05, 0) is 0 Å². The second-order valence-electron chi connectivity index (χ2n) is 4.26. The molecule has 0 fully saturated rings. The van der Waals surface area contributed by atoms with Crippen molar-refractivity contribution in [3.05, 3.63) is 17.1 Å². The lowest BCUT2D eigenvalue weighted by molar-refractivity contribution is 0.109. The molecule has 1 N–H and O–H groups in total. The summed E-state index contributed by atoms with van der Waals surface area (Å²) in [4.78, 5) is 9.17. The number of fused-ring (bicyclic) bond motifs is 1. The number of anilines is 1. The minimum atomic E-state index is 0.209. The zero-order valence-corrected chi connectivity index (χ0v) is 10.6. The third kappa shape index (κ3) is 2.56. The first kappa shape index (κ1) is 12.3. The maximum absolute atomic E-state index is 5.44. The molecule has 5 heteroatoms. The van der Waals surface area contributed by atoms with Gasteiger partial charge < -0.3 is 14.8 Å². The molecule has 0 bridgehead atoms. The summed E-state index contributed by atoms with van der Waals surface area (Å²) in [7, 11) is 3.57. The smallest absolute Gasteiger partial charge is 0.136 e. The molecule has 1 aliphatic heterocycles. The molecule has 0 spiro atoms. The van der Waals surface area contributed by atoms with E-state index in [4.69, 9.17) is 9.47 Å². The molecular formula is C12H19N3O2. The van der Waals surface area contributed by atoms with Crippen molar-refractivity contribution in [2.24, 2.45) is 0 Å². The summed E-state index contributed by atoms with van der Waals surface area (Å²) in [6.45, 7) is 4.05. The molecule has 17 heavy (non-hydrogen) atoms. The van der Waals surface area contributed by atoms with Crippen molar-refractivity contribution < 1.29 is 9.47 Å². The van der Waals surface area contributed by atoms with Gasteiger partial charge in [0.2, 0.25) is 0 Å². The van der Waals surface area contributed by atoms with Crippen LogP contribution in [0.2, 0.25) is 0 Å². The van der Waals surface area contributed by atoms with E-state index in [0.29, 0.717) is 13.2 Å². The topological polar surface area (TPSA) is 56.3 Å². The largest absolute Gasteiger partial charge is 0.384 e. The Balaban J connectivity index is 2.35. The summed E-state index contributed by atoms with van der Waals surface area (Å²) < 4.78 is 10.6. The van der Waals surface area contributed by atoms with Crippen LogP contribution in [-0.4, -0.2) is 37.3 Å². The van der Waals surface area contributed by atoms with E-state index in [0.717, 1.165) is 35.9 Å². The highest BCUT2D eigenvalue weighted by molar-refractivity contribution is 5.46. The lowest BCUT2D eigenvalue weighted by Crippen LogP contribution is -2.18. The van der Waals surface area contributed by atoms with Gasteiger partial charge >= 0.3 is 0 Å². The quantitative estimate of drug-likeness (QED) is 0.856. The molecule has 5 nitrogen and oxygen atoms in total. The molecule has 0 saturated heterocycles. The average Bonchev–Trinajstić information content (AvgIpc) is 2.37. The molecule has 0 aromatic carbocycles. The van der Waals surface area contributed by atoms with Gasteiger partial charge in [0.1, 0.15) is 11.6 Å². The molecule has 0 amide bonds. The first-order valence-corrected chi connectivity index (χ1v) is 5.90. The number of methoxy groups -OCH3 is 1. The van der Waals surface area contributed by atoms with Crippen molar-refractivity contribution in [1.29, 1.82) is 0 Å². The fraction of sp³-hybridized carbons (Fsp3) is 0.667. The van der Waals surface area contributed by atoms with Gasteiger partial charge in [0, 0.05) is 32.1 Å². The van der Waals surface area contributed by atoms with Crippen LogP contribution in [0.4, 0.5) is 5.82 Å². The summed E-state index contributed by atoms with van der Waals surface area (Å²) in [5.74, 6) is 1.93. The monoisotopic (exact) mass is 237 g/mol. The Hall–Kier alpha value is -1.20. The first-order valence-electron chi connectivity index (χ1n) is 5.90. The molecule has 1 aliphatic rings. The van der Waals surface area contributed by atoms with Crippen molar-refractivity contribution in [3.8, 4) is 0 Å². The maximum Gasteiger partial charge on any atom is 0.136 e. The molecular weight excluding hydrogens is 218 g/mol. The molecule has 1 aromatic rings. The van der Waals surface area contributed by atoms with Gasteiger partial charge in [-0.2, -0.15) is 0 Å². The second-order valence-corrected chi connectivity index (χ2v) is 4.26. The molecule has 94 valence electrons. The van der Waals surface area contributed by atoms with Gasteiger partial charge in [-0.1, -0.05) is 6.92 Å². The standard InChI is InChI=1S/C12H19N3O2/c1-8(6-16-3)11-14-10-4-5-17-7-9(10)12(13-2)15-11/h8H,4-7H2,1-3H3,(H,13,14,15). The third-order valence-corrected chi connectivity index (χ3v) is 2.93. The van der Waals surface area contributed by atoms with Crippen LogP contribution in [0.25, 0.3) is 0 Å². The highest BCUT2D eigenvalue weighted by Crippen LogP contribution is 2.24. The Kier molecular flexibility index (Phi) is 3.91. The average molecular weight is 237 g/mol. The number of nitrogens with one attached hydrogen (secondary N) is 1. The van der Waals surface area contributed by atoms with Crippen molar-refractivity contribution in [3.63, 3.8) is 0 Å². The number of nitrogens with zero attached hydrogens (tertiary/aromatic N) is 2. The fourth-order valence-corrected chi connectivity index (χ4v) is 2.00. The summed E-state index contributed by atoms with van der Waals surface area (Å²) in [6, 6.07) is 0. The Morgan fingerprint density at radius 1 is 1.47 bits per heavy atom. The summed E-state index contributed by atoms with van der Waals surface area (Å²) >= 11 is 0. The number of aromatic nitrogens is 2. The predicted octanol–water partition coefficient (Wildman–Crippen LogP) is 1.34. The minimum Gasteiger partial charge on any atom is -0.384 e. The molecule has 2 heterocycles. The number of ether oxygens (including phenoxy) is 2.